The van der Waals surface area contributed by atoms with E-state index in [1.54, 1.807) is 6.07 Å². The van der Waals surface area contributed by atoms with Crippen LogP contribution >= 0.6 is 0 Å². The molecular formula is C12H15NO4. The fraction of sp³-hybridized carbons (Fsp3) is 0.417. The van der Waals surface area contributed by atoms with Crippen molar-refractivity contribution in [3.63, 3.8) is 0 Å². The quantitative estimate of drug-likeness (QED) is 0.563. The minimum Gasteiger partial charge on any atom is -0.486 e. The normalized spacial score (nSPS) is 11.9. The Labute approximate surface area is 99.5 Å². The van der Waals surface area contributed by atoms with Gasteiger partial charge in [-0.15, -0.1) is 0 Å². The van der Waals surface area contributed by atoms with Crippen molar-refractivity contribution in [1.82, 2.24) is 0 Å². The van der Waals surface area contributed by atoms with Gasteiger partial charge >= 0.3 is 0 Å². The second-order valence-electron chi connectivity index (χ2n) is 3.82. The molecule has 0 N–H and O–H groups in total. The summed E-state index contributed by atoms with van der Waals surface area (Å²) in [5.41, 5.74) is -0.0431. The van der Waals surface area contributed by atoms with Crippen LogP contribution in [0.5, 0.6) is 5.75 Å². The van der Waals surface area contributed by atoms with E-state index >= 15 is 0 Å². The first kappa shape index (κ1) is 13.2. The lowest BCUT2D eigenvalue weighted by molar-refractivity contribution is -0.384. The van der Waals surface area contributed by atoms with Gasteiger partial charge in [-0.1, -0.05) is 19.9 Å². The number of ether oxygens (including phenoxy) is 1. The van der Waals surface area contributed by atoms with Gasteiger partial charge in [0.15, 0.2) is 5.78 Å². The van der Waals surface area contributed by atoms with E-state index in [0.29, 0.717) is 5.75 Å². The standard InChI is InChI=1S/C12H15NO4/c1-3-9(2)12(14)8-17-11-6-4-5-10(7-11)13(15)16/h4-7,9H,3,8H2,1-2H3. The lowest BCUT2D eigenvalue weighted by atomic mass is 10.1. The minimum atomic E-state index is -0.497. The fourth-order valence-electron chi connectivity index (χ4n) is 1.21. The average Bonchev–Trinajstić information content (AvgIpc) is 2.35. The smallest absolute Gasteiger partial charge is 0.273 e. The van der Waals surface area contributed by atoms with E-state index in [2.05, 4.69) is 0 Å². The van der Waals surface area contributed by atoms with E-state index in [0.717, 1.165) is 6.42 Å². The van der Waals surface area contributed by atoms with Crippen LogP contribution in [0, 0.1) is 16.0 Å². The largest absolute Gasteiger partial charge is 0.486 e. The van der Waals surface area contributed by atoms with Crippen LogP contribution in [0.3, 0.4) is 0 Å². The number of nitro groups is 1. The molecule has 0 aliphatic rings. The number of Topliss-reactive ketones (excluding diaryl/α,β-unsaturated/α-hetero) is 1. The van der Waals surface area contributed by atoms with Crippen molar-refractivity contribution in [2.24, 2.45) is 5.92 Å². The van der Waals surface area contributed by atoms with Crippen molar-refractivity contribution < 1.29 is 14.5 Å². The number of carbonyl (C=O) groups is 1. The summed E-state index contributed by atoms with van der Waals surface area (Å²) < 4.78 is 5.23. The summed E-state index contributed by atoms with van der Waals surface area (Å²) in [6, 6.07) is 5.81. The molecule has 0 aliphatic heterocycles. The molecule has 17 heavy (non-hydrogen) atoms. The Kier molecular flexibility index (Phi) is 4.63. The summed E-state index contributed by atoms with van der Waals surface area (Å²) in [4.78, 5) is 21.5. The molecule has 1 unspecified atom stereocenters. The van der Waals surface area contributed by atoms with Crippen LogP contribution in [0.15, 0.2) is 24.3 Å². The van der Waals surface area contributed by atoms with Crippen LogP contribution in [0.2, 0.25) is 0 Å². The first-order chi connectivity index (χ1) is 8.04. The zero-order valence-corrected chi connectivity index (χ0v) is 9.88. The number of non-ortho nitro benzene ring substituents is 1. The lowest BCUT2D eigenvalue weighted by Crippen LogP contribution is -2.18. The highest BCUT2D eigenvalue weighted by Gasteiger charge is 2.12. The first-order valence-corrected chi connectivity index (χ1v) is 5.44. The van der Waals surface area contributed by atoms with E-state index in [9.17, 15) is 14.9 Å². The number of hydrogen-bond acceptors (Lipinski definition) is 4. The van der Waals surface area contributed by atoms with Crippen LogP contribution in [0.25, 0.3) is 0 Å². The van der Waals surface area contributed by atoms with E-state index in [4.69, 9.17) is 4.74 Å². The molecule has 0 saturated carbocycles. The molecule has 0 spiro atoms. The van der Waals surface area contributed by atoms with Gasteiger partial charge < -0.3 is 4.74 Å². The highest BCUT2D eigenvalue weighted by molar-refractivity contribution is 5.82. The van der Waals surface area contributed by atoms with E-state index in [-0.39, 0.29) is 24.0 Å². The molecule has 0 radical (unpaired) electrons. The Hall–Kier alpha value is -1.91. The van der Waals surface area contributed by atoms with Gasteiger partial charge in [-0.05, 0) is 12.5 Å². The molecule has 0 bridgehead atoms. The van der Waals surface area contributed by atoms with Crippen LogP contribution in [-0.2, 0) is 4.79 Å². The third-order valence-electron chi connectivity index (χ3n) is 2.57. The molecule has 1 aromatic rings. The first-order valence-electron chi connectivity index (χ1n) is 5.44. The summed E-state index contributed by atoms with van der Waals surface area (Å²) in [7, 11) is 0. The predicted molar refractivity (Wildman–Crippen MR) is 63.1 cm³/mol. The molecule has 0 fully saturated rings. The Morgan fingerprint density at radius 1 is 1.53 bits per heavy atom. The topological polar surface area (TPSA) is 69.4 Å². The second-order valence-corrected chi connectivity index (χ2v) is 3.82. The van der Waals surface area contributed by atoms with E-state index in [1.165, 1.54) is 18.2 Å². The van der Waals surface area contributed by atoms with Gasteiger partial charge in [-0.3, -0.25) is 14.9 Å². The number of rotatable bonds is 6. The van der Waals surface area contributed by atoms with Crippen LogP contribution in [0.4, 0.5) is 5.69 Å². The maximum atomic E-state index is 11.5. The fourth-order valence-corrected chi connectivity index (χ4v) is 1.21. The number of hydrogen-bond donors (Lipinski definition) is 0. The molecule has 0 saturated heterocycles. The van der Waals surface area contributed by atoms with Gasteiger partial charge in [0, 0.05) is 12.0 Å². The Bertz CT molecular complexity index is 417. The van der Waals surface area contributed by atoms with Gasteiger partial charge in [-0.2, -0.15) is 0 Å². The molecule has 1 aromatic carbocycles. The molecular weight excluding hydrogens is 222 g/mol. The van der Waals surface area contributed by atoms with Gasteiger partial charge in [0.25, 0.3) is 5.69 Å². The van der Waals surface area contributed by atoms with Crippen LogP contribution < -0.4 is 4.74 Å². The zero-order valence-electron chi connectivity index (χ0n) is 9.88. The van der Waals surface area contributed by atoms with Crippen molar-refractivity contribution >= 4 is 11.5 Å². The predicted octanol–water partition coefficient (Wildman–Crippen LogP) is 2.59. The number of nitro benzene ring substituents is 1. The van der Waals surface area contributed by atoms with Gasteiger partial charge in [-0.25, -0.2) is 0 Å². The molecule has 0 heterocycles. The molecule has 5 heteroatoms. The summed E-state index contributed by atoms with van der Waals surface area (Å²) in [5, 5.41) is 10.5. The van der Waals surface area contributed by atoms with Gasteiger partial charge in [0.1, 0.15) is 12.4 Å². The van der Waals surface area contributed by atoms with Crippen molar-refractivity contribution in [2.75, 3.05) is 6.61 Å². The highest BCUT2D eigenvalue weighted by Crippen LogP contribution is 2.19. The number of carbonyl (C=O) groups excluding carboxylic acids is 1. The third kappa shape index (κ3) is 3.86. The highest BCUT2D eigenvalue weighted by atomic mass is 16.6. The van der Waals surface area contributed by atoms with Crippen molar-refractivity contribution in [3.8, 4) is 5.75 Å². The Balaban J connectivity index is 2.60. The summed E-state index contributed by atoms with van der Waals surface area (Å²) >= 11 is 0. The minimum absolute atomic E-state index is 0.000920. The van der Waals surface area contributed by atoms with Gasteiger partial charge in [0.2, 0.25) is 0 Å². The molecule has 0 aromatic heterocycles. The van der Waals surface area contributed by atoms with Crippen LogP contribution in [0.1, 0.15) is 20.3 Å². The molecule has 0 amide bonds. The van der Waals surface area contributed by atoms with Gasteiger partial charge in [0.05, 0.1) is 11.0 Å². The van der Waals surface area contributed by atoms with Crippen molar-refractivity contribution in [1.29, 1.82) is 0 Å². The number of ketones is 1. The van der Waals surface area contributed by atoms with Crippen LogP contribution in [-0.4, -0.2) is 17.3 Å². The molecule has 92 valence electrons. The summed E-state index contributed by atoms with van der Waals surface area (Å²) in [5.74, 6) is 0.295. The average molecular weight is 237 g/mol. The SMILES string of the molecule is CCC(C)C(=O)COc1cccc([N+](=O)[O-])c1. The lowest BCUT2D eigenvalue weighted by Gasteiger charge is -2.08. The Morgan fingerprint density at radius 2 is 2.24 bits per heavy atom. The summed E-state index contributed by atoms with van der Waals surface area (Å²) in [6.07, 6.45) is 0.761. The van der Waals surface area contributed by atoms with E-state index in [1.807, 2.05) is 13.8 Å². The maximum Gasteiger partial charge on any atom is 0.273 e. The molecule has 1 rings (SSSR count). The van der Waals surface area contributed by atoms with E-state index < -0.39 is 4.92 Å². The maximum absolute atomic E-state index is 11.5. The van der Waals surface area contributed by atoms with Crippen molar-refractivity contribution in [3.05, 3.63) is 34.4 Å². The molecule has 5 nitrogen and oxygen atoms in total. The monoisotopic (exact) mass is 237 g/mol. The third-order valence-corrected chi connectivity index (χ3v) is 2.57. The summed E-state index contributed by atoms with van der Waals surface area (Å²) in [6.45, 7) is 3.71. The number of benzene rings is 1. The Morgan fingerprint density at radius 3 is 2.82 bits per heavy atom. The molecule has 1 atom stereocenters. The molecule has 0 aliphatic carbocycles. The number of nitrogens with zero attached hydrogens (tertiary/aromatic N) is 1. The second kappa shape index (κ2) is 5.98. The van der Waals surface area contributed by atoms with Crippen molar-refractivity contribution in [2.45, 2.75) is 20.3 Å². The zero-order chi connectivity index (χ0) is 12.8.